The van der Waals surface area contributed by atoms with Crippen LogP contribution in [0.1, 0.15) is 23.9 Å². The lowest BCUT2D eigenvalue weighted by Crippen LogP contribution is -2.29. The molecule has 1 aromatic heterocycles. The molecule has 0 aliphatic carbocycles. The zero-order valence-electron chi connectivity index (χ0n) is 8.93. The van der Waals surface area contributed by atoms with Crippen LogP contribution in [-0.4, -0.2) is 15.2 Å². The van der Waals surface area contributed by atoms with E-state index in [9.17, 15) is 0 Å². The fraction of sp³-hybridized carbons (Fsp3) is 0.273. The Kier molecular flexibility index (Phi) is 3.63. The standard InChI is InChI=1S/C11H15N5/c12-15-10(11-13-8-14-16-11)7-6-9-4-2-1-3-5-9/h1-5,8,10,15H,6-7,12H2,(H,13,14,16). The van der Waals surface area contributed by atoms with Gasteiger partial charge in [0.1, 0.15) is 12.2 Å². The molecule has 0 saturated carbocycles. The molecule has 1 unspecified atom stereocenters. The molecule has 2 aromatic rings. The van der Waals surface area contributed by atoms with E-state index in [0.717, 1.165) is 18.7 Å². The Morgan fingerprint density at radius 2 is 2.12 bits per heavy atom. The monoisotopic (exact) mass is 217 g/mol. The van der Waals surface area contributed by atoms with Crippen molar-refractivity contribution in [3.8, 4) is 0 Å². The van der Waals surface area contributed by atoms with Gasteiger partial charge in [-0.05, 0) is 18.4 Å². The Morgan fingerprint density at radius 3 is 2.75 bits per heavy atom. The minimum Gasteiger partial charge on any atom is -0.271 e. The van der Waals surface area contributed by atoms with Crippen LogP contribution in [0.5, 0.6) is 0 Å². The predicted octanol–water partition coefficient (Wildman–Crippen LogP) is 0.942. The van der Waals surface area contributed by atoms with Gasteiger partial charge in [0, 0.05) is 0 Å². The third-order valence-electron chi connectivity index (χ3n) is 2.53. The van der Waals surface area contributed by atoms with E-state index < -0.39 is 0 Å². The normalized spacial score (nSPS) is 12.6. The van der Waals surface area contributed by atoms with Crippen molar-refractivity contribution >= 4 is 0 Å². The first kappa shape index (κ1) is 10.8. The first-order valence-corrected chi connectivity index (χ1v) is 5.25. The SMILES string of the molecule is NNC(CCc1ccccc1)c1ncn[nH]1. The molecule has 5 nitrogen and oxygen atoms in total. The smallest absolute Gasteiger partial charge is 0.142 e. The quantitative estimate of drug-likeness (QED) is 0.514. The minimum atomic E-state index is 0.0164. The number of benzene rings is 1. The maximum absolute atomic E-state index is 5.49. The predicted molar refractivity (Wildman–Crippen MR) is 61.2 cm³/mol. The second-order valence-corrected chi connectivity index (χ2v) is 3.61. The number of aryl methyl sites for hydroxylation is 1. The van der Waals surface area contributed by atoms with Gasteiger partial charge < -0.3 is 0 Å². The molecule has 1 atom stereocenters. The van der Waals surface area contributed by atoms with Crippen LogP contribution < -0.4 is 11.3 Å². The topological polar surface area (TPSA) is 79.6 Å². The number of hydrogen-bond donors (Lipinski definition) is 3. The van der Waals surface area contributed by atoms with Crippen LogP contribution in [0.15, 0.2) is 36.7 Å². The van der Waals surface area contributed by atoms with Gasteiger partial charge in [-0.25, -0.2) is 10.4 Å². The third kappa shape index (κ3) is 2.65. The summed E-state index contributed by atoms with van der Waals surface area (Å²) < 4.78 is 0. The summed E-state index contributed by atoms with van der Waals surface area (Å²) in [6.45, 7) is 0. The van der Waals surface area contributed by atoms with Crippen molar-refractivity contribution in [2.75, 3.05) is 0 Å². The minimum absolute atomic E-state index is 0.0164. The van der Waals surface area contributed by atoms with Crippen molar-refractivity contribution in [2.24, 2.45) is 5.84 Å². The summed E-state index contributed by atoms with van der Waals surface area (Å²) in [6, 6.07) is 10.3. The molecule has 16 heavy (non-hydrogen) atoms. The van der Waals surface area contributed by atoms with Crippen LogP contribution in [-0.2, 0) is 6.42 Å². The van der Waals surface area contributed by atoms with E-state index in [4.69, 9.17) is 5.84 Å². The number of H-pyrrole nitrogens is 1. The summed E-state index contributed by atoms with van der Waals surface area (Å²) in [7, 11) is 0. The molecule has 2 rings (SSSR count). The highest BCUT2D eigenvalue weighted by atomic mass is 15.3. The zero-order valence-corrected chi connectivity index (χ0v) is 8.93. The van der Waals surface area contributed by atoms with Gasteiger partial charge in [0.2, 0.25) is 0 Å². The van der Waals surface area contributed by atoms with Crippen LogP contribution in [0.4, 0.5) is 0 Å². The van der Waals surface area contributed by atoms with Gasteiger partial charge in [0.25, 0.3) is 0 Å². The molecule has 0 aliphatic rings. The molecule has 4 N–H and O–H groups in total. The summed E-state index contributed by atoms with van der Waals surface area (Å²) in [6.07, 6.45) is 3.33. The van der Waals surface area contributed by atoms with Gasteiger partial charge in [-0.3, -0.25) is 10.9 Å². The molecule has 84 valence electrons. The van der Waals surface area contributed by atoms with Crippen molar-refractivity contribution in [3.63, 3.8) is 0 Å². The van der Waals surface area contributed by atoms with Gasteiger partial charge in [-0.2, -0.15) is 5.10 Å². The average molecular weight is 217 g/mol. The highest BCUT2D eigenvalue weighted by Crippen LogP contribution is 2.13. The Morgan fingerprint density at radius 1 is 1.31 bits per heavy atom. The highest BCUT2D eigenvalue weighted by Gasteiger charge is 2.11. The maximum atomic E-state index is 5.49. The van der Waals surface area contributed by atoms with E-state index in [2.05, 4.69) is 32.7 Å². The highest BCUT2D eigenvalue weighted by molar-refractivity contribution is 5.15. The summed E-state index contributed by atoms with van der Waals surface area (Å²) >= 11 is 0. The van der Waals surface area contributed by atoms with Gasteiger partial charge in [-0.15, -0.1) is 0 Å². The van der Waals surface area contributed by atoms with E-state index in [1.54, 1.807) is 0 Å². The molecule has 0 saturated heterocycles. The van der Waals surface area contributed by atoms with E-state index in [0.29, 0.717) is 0 Å². The molecule has 1 heterocycles. The molecular weight excluding hydrogens is 202 g/mol. The Labute approximate surface area is 94.1 Å². The molecule has 0 radical (unpaired) electrons. The number of rotatable bonds is 5. The lowest BCUT2D eigenvalue weighted by Gasteiger charge is -2.12. The van der Waals surface area contributed by atoms with Gasteiger partial charge >= 0.3 is 0 Å². The van der Waals surface area contributed by atoms with Crippen LogP contribution >= 0.6 is 0 Å². The van der Waals surface area contributed by atoms with Crippen molar-refractivity contribution < 1.29 is 0 Å². The van der Waals surface area contributed by atoms with Gasteiger partial charge in [-0.1, -0.05) is 30.3 Å². The Hall–Kier alpha value is -1.72. The zero-order chi connectivity index (χ0) is 11.2. The largest absolute Gasteiger partial charge is 0.271 e. The second kappa shape index (κ2) is 5.39. The molecule has 0 amide bonds. The lowest BCUT2D eigenvalue weighted by molar-refractivity contribution is 0.492. The van der Waals surface area contributed by atoms with Crippen LogP contribution in [0, 0.1) is 0 Å². The van der Waals surface area contributed by atoms with E-state index in [1.165, 1.54) is 11.9 Å². The number of nitrogens with one attached hydrogen (secondary N) is 2. The number of aromatic nitrogens is 3. The fourth-order valence-corrected chi connectivity index (χ4v) is 1.64. The van der Waals surface area contributed by atoms with Crippen molar-refractivity contribution in [2.45, 2.75) is 18.9 Å². The number of aromatic amines is 1. The van der Waals surface area contributed by atoms with Crippen LogP contribution in [0.25, 0.3) is 0 Å². The Balaban J connectivity index is 1.94. The molecule has 0 bridgehead atoms. The fourth-order valence-electron chi connectivity index (χ4n) is 1.64. The van der Waals surface area contributed by atoms with Crippen molar-refractivity contribution in [1.82, 2.24) is 20.6 Å². The summed E-state index contributed by atoms with van der Waals surface area (Å²) in [5, 5.41) is 6.64. The second-order valence-electron chi connectivity index (χ2n) is 3.61. The van der Waals surface area contributed by atoms with Crippen LogP contribution in [0.3, 0.4) is 0 Å². The van der Waals surface area contributed by atoms with Crippen molar-refractivity contribution in [1.29, 1.82) is 0 Å². The van der Waals surface area contributed by atoms with Crippen LogP contribution in [0.2, 0.25) is 0 Å². The summed E-state index contributed by atoms with van der Waals surface area (Å²) in [5.74, 6) is 6.27. The van der Waals surface area contributed by atoms with E-state index in [-0.39, 0.29) is 6.04 Å². The van der Waals surface area contributed by atoms with Crippen molar-refractivity contribution in [3.05, 3.63) is 48.0 Å². The maximum Gasteiger partial charge on any atom is 0.142 e. The first-order valence-electron chi connectivity index (χ1n) is 5.25. The first-order chi connectivity index (χ1) is 7.90. The summed E-state index contributed by atoms with van der Waals surface area (Å²) in [4.78, 5) is 4.09. The number of hydrazine groups is 1. The molecule has 1 aromatic carbocycles. The number of hydrogen-bond acceptors (Lipinski definition) is 4. The molecular formula is C11H15N5. The van der Waals surface area contributed by atoms with Gasteiger partial charge in [0.15, 0.2) is 0 Å². The third-order valence-corrected chi connectivity index (χ3v) is 2.53. The van der Waals surface area contributed by atoms with E-state index >= 15 is 0 Å². The lowest BCUT2D eigenvalue weighted by atomic mass is 10.1. The van der Waals surface area contributed by atoms with E-state index in [1.807, 2.05) is 18.2 Å². The number of nitrogens with zero attached hydrogens (tertiary/aromatic N) is 2. The molecule has 0 aliphatic heterocycles. The average Bonchev–Trinajstić information content (AvgIpc) is 2.85. The molecule has 0 spiro atoms. The number of nitrogens with two attached hydrogens (primary N) is 1. The van der Waals surface area contributed by atoms with Gasteiger partial charge in [0.05, 0.1) is 6.04 Å². The molecule has 5 heteroatoms. The summed E-state index contributed by atoms with van der Waals surface area (Å²) in [5.41, 5.74) is 4.03. The molecule has 0 fully saturated rings. The Bertz CT molecular complexity index is 398.